The summed E-state index contributed by atoms with van der Waals surface area (Å²) in [5, 5.41) is 12.1. The van der Waals surface area contributed by atoms with Crippen molar-refractivity contribution in [1.29, 1.82) is 0 Å². The van der Waals surface area contributed by atoms with E-state index in [9.17, 15) is 4.79 Å². The lowest BCUT2D eigenvalue weighted by Crippen LogP contribution is -2.36. The molecule has 1 aromatic rings. The number of aryl methyl sites for hydroxylation is 1. The molecule has 0 aliphatic carbocycles. The van der Waals surface area contributed by atoms with Gasteiger partial charge in [0.1, 0.15) is 6.04 Å². The van der Waals surface area contributed by atoms with Gasteiger partial charge in [-0.2, -0.15) is 11.8 Å². The van der Waals surface area contributed by atoms with Crippen LogP contribution in [0.1, 0.15) is 17.5 Å². The fraction of sp³-hybridized carbons (Fsp3) is 0.462. The maximum atomic E-state index is 11.0. The number of carboxylic acid groups (broad SMARTS) is 1. The first-order chi connectivity index (χ1) is 8.13. The van der Waals surface area contributed by atoms with E-state index in [0.717, 1.165) is 11.3 Å². The van der Waals surface area contributed by atoms with Crippen molar-refractivity contribution in [2.24, 2.45) is 0 Å². The Balaban J connectivity index is 2.48. The summed E-state index contributed by atoms with van der Waals surface area (Å²) < 4.78 is 0. The Bertz CT molecular complexity index is 368. The molecule has 0 unspecified atom stereocenters. The minimum absolute atomic E-state index is 0.456. The molecule has 17 heavy (non-hydrogen) atoms. The Hall–Kier alpha value is -1.00. The highest BCUT2D eigenvalue weighted by Crippen LogP contribution is 2.06. The van der Waals surface area contributed by atoms with E-state index >= 15 is 0 Å². The molecule has 0 aliphatic rings. The average Bonchev–Trinajstić information content (AvgIpc) is 2.28. The van der Waals surface area contributed by atoms with Crippen molar-refractivity contribution in [2.45, 2.75) is 25.9 Å². The molecule has 0 saturated heterocycles. The number of benzene rings is 1. The molecule has 1 aromatic carbocycles. The molecule has 1 rings (SSSR count). The minimum atomic E-state index is -0.772. The van der Waals surface area contributed by atoms with Crippen LogP contribution in [0.4, 0.5) is 0 Å². The zero-order valence-electron chi connectivity index (χ0n) is 10.3. The topological polar surface area (TPSA) is 49.3 Å². The van der Waals surface area contributed by atoms with E-state index in [4.69, 9.17) is 5.11 Å². The van der Waals surface area contributed by atoms with Crippen molar-refractivity contribution in [2.75, 3.05) is 12.0 Å². The summed E-state index contributed by atoms with van der Waals surface area (Å²) in [5.74, 6) is 0.0873. The Morgan fingerprint density at radius 2 is 2.29 bits per heavy atom. The van der Waals surface area contributed by atoms with Gasteiger partial charge in [-0.3, -0.25) is 4.79 Å². The van der Waals surface area contributed by atoms with Crippen LogP contribution in [0.5, 0.6) is 0 Å². The van der Waals surface area contributed by atoms with Crippen LogP contribution in [0.25, 0.3) is 0 Å². The number of thioether (sulfide) groups is 1. The first-order valence-corrected chi connectivity index (χ1v) is 7.03. The lowest BCUT2D eigenvalue weighted by Gasteiger charge is -2.14. The Morgan fingerprint density at radius 3 is 2.88 bits per heavy atom. The van der Waals surface area contributed by atoms with Gasteiger partial charge >= 0.3 is 5.97 Å². The smallest absolute Gasteiger partial charge is 0.320 e. The maximum Gasteiger partial charge on any atom is 0.320 e. The predicted molar refractivity (Wildman–Crippen MR) is 72.4 cm³/mol. The molecular formula is C13H19NO2S. The van der Waals surface area contributed by atoms with Crippen LogP contribution in [0.15, 0.2) is 24.3 Å². The largest absolute Gasteiger partial charge is 0.480 e. The van der Waals surface area contributed by atoms with Crippen molar-refractivity contribution in [1.82, 2.24) is 5.32 Å². The molecule has 0 heterocycles. The standard InChI is InChI=1S/C13H19NO2S/c1-10-4-3-5-11(8-10)9-14-12(13(15)16)6-7-17-2/h3-5,8,12,14H,6-7,9H2,1-2H3,(H,15,16)/t12-/m0/s1. The van der Waals surface area contributed by atoms with E-state index in [2.05, 4.69) is 11.4 Å². The summed E-state index contributed by atoms with van der Waals surface area (Å²) in [6.07, 6.45) is 2.64. The monoisotopic (exact) mass is 253 g/mol. The number of nitrogens with one attached hydrogen (secondary N) is 1. The third kappa shape index (κ3) is 5.24. The van der Waals surface area contributed by atoms with E-state index in [1.165, 1.54) is 5.56 Å². The average molecular weight is 253 g/mol. The van der Waals surface area contributed by atoms with Gasteiger partial charge in [-0.05, 0) is 30.9 Å². The molecule has 3 nitrogen and oxygen atoms in total. The van der Waals surface area contributed by atoms with Crippen LogP contribution in [0.2, 0.25) is 0 Å². The second kappa shape index (κ2) is 7.35. The minimum Gasteiger partial charge on any atom is -0.480 e. The van der Waals surface area contributed by atoms with Gasteiger partial charge in [0.15, 0.2) is 0 Å². The molecule has 0 radical (unpaired) electrons. The van der Waals surface area contributed by atoms with Crippen molar-refractivity contribution in [3.63, 3.8) is 0 Å². The molecular weight excluding hydrogens is 234 g/mol. The zero-order chi connectivity index (χ0) is 12.7. The molecule has 0 fully saturated rings. The number of carbonyl (C=O) groups is 1. The number of rotatable bonds is 7. The number of hydrogen-bond donors (Lipinski definition) is 2. The van der Waals surface area contributed by atoms with Gasteiger partial charge < -0.3 is 10.4 Å². The second-order valence-electron chi connectivity index (χ2n) is 4.04. The SMILES string of the molecule is CSCC[C@H](NCc1cccc(C)c1)C(=O)O. The molecule has 0 saturated carbocycles. The van der Waals surface area contributed by atoms with E-state index < -0.39 is 12.0 Å². The van der Waals surface area contributed by atoms with E-state index in [1.54, 1.807) is 11.8 Å². The van der Waals surface area contributed by atoms with Gasteiger partial charge in [-0.1, -0.05) is 29.8 Å². The van der Waals surface area contributed by atoms with Gasteiger partial charge in [0, 0.05) is 6.54 Å². The van der Waals surface area contributed by atoms with Crippen molar-refractivity contribution in [3.05, 3.63) is 35.4 Å². The van der Waals surface area contributed by atoms with Crippen LogP contribution >= 0.6 is 11.8 Å². The predicted octanol–water partition coefficient (Wildman–Crippen LogP) is 2.29. The molecule has 4 heteroatoms. The lowest BCUT2D eigenvalue weighted by molar-refractivity contribution is -0.139. The first kappa shape index (κ1) is 14.1. The number of carboxylic acids is 1. The van der Waals surface area contributed by atoms with Gasteiger partial charge in [-0.25, -0.2) is 0 Å². The molecule has 2 N–H and O–H groups in total. The zero-order valence-corrected chi connectivity index (χ0v) is 11.1. The third-order valence-corrected chi connectivity index (χ3v) is 3.19. The van der Waals surface area contributed by atoms with Crippen molar-refractivity contribution < 1.29 is 9.90 Å². The second-order valence-corrected chi connectivity index (χ2v) is 5.03. The highest BCUT2D eigenvalue weighted by atomic mass is 32.2. The molecule has 0 aliphatic heterocycles. The highest BCUT2D eigenvalue weighted by Gasteiger charge is 2.15. The van der Waals surface area contributed by atoms with E-state index in [1.807, 2.05) is 31.4 Å². The van der Waals surface area contributed by atoms with Crippen molar-refractivity contribution in [3.8, 4) is 0 Å². The normalized spacial score (nSPS) is 12.4. The highest BCUT2D eigenvalue weighted by molar-refractivity contribution is 7.98. The molecule has 0 spiro atoms. The van der Waals surface area contributed by atoms with Gasteiger partial charge in [0.2, 0.25) is 0 Å². The molecule has 0 amide bonds. The number of aliphatic carboxylic acids is 1. The Labute approximate surface area is 107 Å². The molecule has 0 aromatic heterocycles. The van der Waals surface area contributed by atoms with Crippen LogP contribution in [0.3, 0.4) is 0 Å². The molecule has 94 valence electrons. The number of hydrogen-bond acceptors (Lipinski definition) is 3. The summed E-state index contributed by atoms with van der Waals surface area (Å²) in [5.41, 5.74) is 2.32. The Kier molecular flexibility index (Phi) is 6.08. The summed E-state index contributed by atoms with van der Waals surface area (Å²) in [7, 11) is 0. The quantitative estimate of drug-likeness (QED) is 0.783. The third-order valence-electron chi connectivity index (χ3n) is 2.54. The van der Waals surface area contributed by atoms with Gasteiger partial charge in [-0.15, -0.1) is 0 Å². The lowest BCUT2D eigenvalue weighted by atomic mass is 10.1. The molecule has 0 bridgehead atoms. The fourth-order valence-electron chi connectivity index (χ4n) is 1.61. The summed E-state index contributed by atoms with van der Waals surface area (Å²) >= 11 is 1.67. The summed E-state index contributed by atoms with van der Waals surface area (Å²) in [6.45, 7) is 2.64. The van der Waals surface area contributed by atoms with Crippen LogP contribution in [-0.2, 0) is 11.3 Å². The van der Waals surface area contributed by atoms with Crippen LogP contribution in [-0.4, -0.2) is 29.1 Å². The maximum absolute atomic E-state index is 11.0. The summed E-state index contributed by atoms with van der Waals surface area (Å²) in [6, 6.07) is 7.65. The van der Waals surface area contributed by atoms with Gasteiger partial charge in [0.05, 0.1) is 0 Å². The van der Waals surface area contributed by atoms with Crippen molar-refractivity contribution >= 4 is 17.7 Å². The first-order valence-electron chi connectivity index (χ1n) is 5.64. The molecule has 1 atom stereocenters. The fourth-order valence-corrected chi connectivity index (χ4v) is 2.08. The Morgan fingerprint density at radius 1 is 1.53 bits per heavy atom. The van der Waals surface area contributed by atoms with Crippen LogP contribution in [0, 0.1) is 6.92 Å². The summed E-state index contributed by atoms with van der Waals surface area (Å²) in [4.78, 5) is 11.0. The van der Waals surface area contributed by atoms with Crippen LogP contribution < -0.4 is 5.32 Å². The van der Waals surface area contributed by atoms with E-state index in [-0.39, 0.29) is 0 Å². The van der Waals surface area contributed by atoms with E-state index in [0.29, 0.717) is 13.0 Å². The van der Waals surface area contributed by atoms with Gasteiger partial charge in [0.25, 0.3) is 0 Å².